The van der Waals surface area contributed by atoms with E-state index in [1.807, 2.05) is 17.6 Å². The van der Waals surface area contributed by atoms with Gasteiger partial charge in [0.15, 0.2) is 16.9 Å². The maximum atomic E-state index is 11.6. The zero-order valence-corrected chi connectivity index (χ0v) is 25.2. The molecular weight excluding hydrogens is 589 g/mol. The van der Waals surface area contributed by atoms with Crippen LogP contribution in [0.25, 0.3) is 17.2 Å². The van der Waals surface area contributed by atoms with E-state index in [-0.39, 0.29) is 11.8 Å². The van der Waals surface area contributed by atoms with Crippen molar-refractivity contribution in [2.45, 2.75) is 56.9 Å². The number of carbonyl (C=O) groups is 1. The molecule has 9 nitrogen and oxygen atoms in total. The Kier molecular flexibility index (Phi) is 7.37. The van der Waals surface area contributed by atoms with Crippen LogP contribution in [0, 0.1) is 0 Å². The molecule has 2 fully saturated rings. The van der Waals surface area contributed by atoms with Crippen molar-refractivity contribution in [1.82, 2.24) is 24.4 Å². The first kappa shape index (κ1) is 28.3. The topological polar surface area (TPSA) is 103 Å². The summed E-state index contributed by atoms with van der Waals surface area (Å²) in [6.45, 7) is 5.78. The number of pyridine rings is 2. The highest BCUT2D eigenvalue weighted by atomic mass is 35.5. The molecule has 0 radical (unpaired) electrons. The smallest absolute Gasteiger partial charge is 0.354 e. The lowest BCUT2D eigenvalue weighted by molar-refractivity contribution is -0.0593. The van der Waals surface area contributed by atoms with Gasteiger partial charge in [0.05, 0.1) is 29.2 Å². The zero-order valence-electron chi connectivity index (χ0n) is 23.7. The number of carboxylic acid groups (broad SMARTS) is 1. The number of halogens is 2. The number of ether oxygens (including phenoxy) is 2. The molecule has 7 rings (SSSR count). The summed E-state index contributed by atoms with van der Waals surface area (Å²) >= 11 is 12.6. The van der Waals surface area contributed by atoms with Gasteiger partial charge in [-0.15, -0.1) is 0 Å². The Bertz CT molecular complexity index is 1750. The third kappa shape index (κ3) is 5.40. The van der Waals surface area contributed by atoms with Crippen LogP contribution in [0.4, 0.5) is 0 Å². The van der Waals surface area contributed by atoms with Crippen LogP contribution in [0.15, 0.2) is 48.7 Å². The second-order valence-corrected chi connectivity index (χ2v) is 12.5. The van der Waals surface area contributed by atoms with E-state index in [0.29, 0.717) is 45.9 Å². The molecule has 11 heteroatoms. The second-order valence-electron chi connectivity index (χ2n) is 11.6. The van der Waals surface area contributed by atoms with Crippen LogP contribution in [0.3, 0.4) is 0 Å². The fraction of sp³-hybridized carbons (Fsp3) is 0.375. The van der Waals surface area contributed by atoms with Crippen molar-refractivity contribution < 1.29 is 19.4 Å². The molecule has 222 valence electrons. The van der Waals surface area contributed by atoms with Crippen molar-refractivity contribution in [3.05, 3.63) is 87.1 Å². The van der Waals surface area contributed by atoms with Gasteiger partial charge < -0.3 is 19.1 Å². The number of benzene rings is 1. The Hall–Kier alpha value is -3.50. The van der Waals surface area contributed by atoms with Crippen LogP contribution >= 0.6 is 23.2 Å². The third-order valence-corrected chi connectivity index (χ3v) is 9.21. The van der Waals surface area contributed by atoms with Gasteiger partial charge in [-0.2, -0.15) is 0 Å². The van der Waals surface area contributed by atoms with Crippen molar-refractivity contribution in [3.8, 4) is 5.75 Å². The number of likely N-dealkylation sites (tertiary alicyclic amines) is 1. The Balaban J connectivity index is 1.09. The van der Waals surface area contributed by atoms with Gasteiger partial charge in [-0.1, -0.05) is 47.5 Å². The molecule has 3 aromatic heterocycles. The van der Waals surface area contributed by atoms with Gasteiger partial charge in [0.2, 0.25) is 0 Å². The molecule has 3 aliphatic rings. The molecule has 4 aromatic rings. The van der Waals surface area contributed by atoms with Crippen molar-refractivity contribution >= 4 is 46.4 Å². The van der Waals surface area contributed by atoms with Crippen LogP contribution in [-0.4, -0.2) is 61.3 Å². The van der Waals surface area contributed by atoms with E-state index in [1.165, 1.54) is 11.6 Å². The minimum atomic E-state index is -1.05. The number of nitrogens with zero attached hydrogens (tertiary/aromatic N) is 5. The molecule has 2 atom stereocenters. The summed E-state index contributed by atoms with van der Waals surface area (Å²) in [4.78, 5) is 27.8. The highest BCUT2D eigenvalue weighted by Gasteiger charge is 2.36. The first-order chi connectivity index (χ1) is 20.8. The number of hydrogen-bond acceptors (Lipinski definition) is 7. The highest BCUT2D eigenvalue weighted by molar-refractivity contribution is 6.34. The van der Waals surface area contributed by atoms with Crippen LogP contribution in [0.5, 0.6) is 5.75 Å². The Morgan fingerprint density at radius 3 is 2.67 bits per heavy atom. The van der Waals surface area contributed by atoms with Gasteiger partial charge in [0.1, 0.15) is 22.8 Å². The lowest BCUT2D eigenvalue weighted by atomic mass is 9.86. The first-order valence-electron chi connectivity index (χ1n) is 14.5. The van der Waals surface area contributed by atoms with Crippen molar-refractivity contribution in [1.29, 1.82) is 0 Å². The summed E-state index contributed by atoms with van der Waals surface area (Å²) < 4.78 is 14.4. The SMILES string of the molecule is CC1(c2ncc(Cl)cc2Cl)C=Cc2cccc(C3CCN(Cc4nc5ccc(C(=O)O)nc5n4CC4CCO4)CC3)c2O1. The highest BCUT2D eigenvalue weighted by Crippen LogP contribution is 2.44. The van der Waals surface area contributed by atoms with E-state index < -0.39 is 11.6 Å². The van der Waals surface area contributed by atoms with E-state index >= 15 is 0 Å². The largest absolute Gasteiger partial charge is 0.477 e. The number of aromatic nitrogens is 4. The summed E-state index contributed by atoms with van der Waals surface area (Å²) in [6.07, 6.45) is 8.68. The predicted molar refractivity (Wildman–Crippen MR) is 164 cm³/mol. The van der Waals surface area contributed by atoms with Gasteiger partial charge in [-0.05, 0) is 75.0 Å². The quantitative estimate of drug-likeness (QED) is 0.256. The molecule has 0 aliphatic carbocycles. The van der Waals surface area contributed by atoms with Gasteiger partial charge in [-0.25, -0.2) is 14.8 Å². The average Bonchev–Trinajstić information content (AvgIpc) is 3.30. The Labute approximate surface area is 259 Å². The number of fused-ring (bicyclic) bond motifs is 2. The van der Waals surface area contributed by atoms with Crippen LogP contribution in [0.2, 0.25) is 10.0 Å². The van der Waals surface area contributed by atoms with E-state index in [9.17, 15) is 9.90 Å². The number of aromatic carboxylic acids is 1. The minimum Gasteiger partial charge on any atom is -0.477 e. The number of hydrogen-bond donors (Lipinski definition) is 1. The molecule has 0 amide bonds. The Morgan fingerprint density at radius 2 is 1.95 bits per heavy atom. The molecule has 0 saturated carbocycles. The molecule has 1 aromatic carbocycles. The zero-order chi connectivity index (χ0) is 29.7. The second kappa shape index (κ2) is 11.2. The summed E-state index contributed by atoms with van der Waals surface area (Å²) in [5.41, 5.74) is 3.37. The fourth-order valence-corrected chi connectivity index (χ4v) is 6.83. The van der Waals surface area contributed by atoms with Gasteiger partial charge in [0.25, 0.3) is 0 Å². The fourth-order valence-electron chi connectivity index (χ4n) is 6.26. The average molecular weight is 621 g/mol. The van der Waals surface area contributed by atoms with Crippen LogP contribution in [-0.2, 0) is 23.4 Å². The van der Waals surface area contributed by atoms with Crippen LogP contribution < -0.4 is 4.74 Å². The number of rotatable bonds is 7. The van der Waals surface area contributed by atoms with Gasteiger partial charge in [-0.3, -0.25) is 9.88 Å². The standard InChI is InChI=1S/C32H31Cl2N5O4/c1-32(29-24(34)15-21(33)16-35-29)11-7-20-3-2-4-23(28(20)43-32)19-8-12-38(13-9-19)18-27-36-25-5-6-26(31(40)41)37-30(25)39(27)17-22-10-14-42-22/h2-7,11,15-16,19,22H,8-10,12-14,17-18H2,1H3,(H,40,41). The van der Waals surface area contributed by atoms with Crippen molar-refractivity contribution in [2.75, 3.05) is 19.7 Å². The summed E-state index contributed by atoms with van der Waals surface area (Å²) in [7, 11) is 0. The maximum Gasteiger partial charge on any atom is 0.354 e. The number of imidazole rings is 1. The predicted octanol–water partition coefficient (Wildman–Crippen LogP) is 6.32. The number of carboxylic acids is 1. The molecule has 0 bridgehead atoms. The molecule has 3 aliphatic heterocycles. The number of para-hydroxylation sites is 1. The molecule has 2 unspecified atom stereocenters. The summed E-state index contributed by atoms with van der Waals surface area (Å²) in [6, 6.07) is 11.3. The lowest BCUT2D eigenvalue weighted by Gasteiger charge is -2.36. The minimum absolute atomic E-state index is 0.0176. The maximum absolute atomic E-state index is 11.6. The summed E-state index contributed by atoms with van der Waals surface area (Å²) in [5, 5.41) is 10.4. The van der Waals surface area contributed by atoms with E-state index in [0.717, 1.165) is 56.1 Å². The molecule has 43 heavy (non-hydrogen) atoms. The van der Waals surface area contributed by atoms with E-state index in [2.05, 4.69) is 39.1 Å². The summed E-state index contributed by atoms with van der Waals surface area (Å²) in [5.74, 6) is 1.04. The van der Waals surface area contributed by atoms with Crippen molar-refractivity contribution in [2.24, 2.45) is 0 Å². The monoisotopic (exact) mass is 619 g/mol. The molecule has 6 heterocycles. The molecule has 2 saturated heterocycles. The molecule has 1 N–H and O–H groups in total. The van der Waals surface area contributed by atoms with Crippen molar-refractivity contribution in [3.63, 3.8) is 0 Å². The molecule has 0 spiro atoms. The number of piperidine rings is 1. The Morgan fingerprint density at radius 1 is 1.14 bits per heavy atom. The third-order valence-electron chi connectivity index (χ3n) is 8.71. The lowest BCUT2D eigenvalue weighted by Crippen LogP contribution is -2.36. The van der Waals surface area contributed by atoms with E-state index in [1.54, 1.807) is 18.3 Å². The first-order valence-corrected chi connectivity index (χ1v) is 15.3. The normalized spacial score (nSPS) is 22.3. The van der Waals surface area contributed by atoms with Gasteiger partial charge in [0, 0.05) is 18.4 Å². The van der Waals surface area contributed by atoms with Gasteiger partial charge >= 0.3 is 5.97 Å². The molecular formula is C32H31Cl2N5O4. The van der Waals surface area contributed by atoms with Crippen LogP contribution in [0.1, 0.15) is 65.2 Å². The van der Waals surface area contributed by atoms with E-state index in [4.69, 9.17) is 37.7 Å².